The van der Waals surface area contributed by atoms with E-state index in [-0.39, 0.29) is 0 Å². The van der Waals surface area contributed by atoms with Crippen molar-refractivity contribution in [3.05, 3.63) is 51.5 Å². The van der Waals surface area contributed by atoms with E-state index in [1.54, 1.807) is 11.3 Å². The predicted molar refractivity (Wildman–Crippen MR) is 78.2 cm³/mol. The van der Waals surface area contributed by atoms with Gasteiger partial charge in [0.1, 0.15) is 0 Å². The lowest BCUT2D eigenvalue weighted by molar-refractivity contribution is 0.555. The number of likely N-dealkylation sites (N-methyl/N-ethyl adjacent to an activating group) is 1. The Balaban J connectivity index is 2.16. The van der Waals surface area contributed by atoms with Gasteiger partial charge in [-0.1, -0.05) is 36.8 Å². The van der Waals surface area contributed by atoms with Gasteiger partial charge in [0, 0.05) is 10.9 Å². The molecule has 2 rings (SSSR count). The van der Waals surface area contributed by atoms with Gasteiger partial charge in [0.05, 0.1) is 11.2 Å². The average Bonchev–Trinajstić information content (AvgIpc) is 2.78. The highest BCUT2D eigenvalue weighted by Gasteiger charge is 2.15. The minimum atomic E-state index is 0.380. The molecule has 1 N–H and O–H groups in total. The van der Waals surface area contributed by atoms with Crippen LogP contribution in [0.1, 0.15) is 34.7 Å². The number of nitrogens with zero attached hydrogens (tertiary/aromatic N) is 1. The Hall–Kier alpha value is -1.19. The number of benzene rings is 1. The smallest absolute Gasteiger partial charge is 0.0798 e. The summed E-state index contributed by atoms with van der Waals surface area (Å²) in [5, 5.41) is 3.56. The Morgan fingerprint density at radius 3 is 2.50 bits per heavy atom. The number of thiazole rings is 1. The van der Waals surface area contributed by atoms with Crippen molar-refractivity contribution in [2.45, 2.75) is 33.2 Å². The van der Waals surface area contributed by atoms with E-state index in [4.69, 9.17) is 0 Å². The normalized spacial score (nSPS) is 12.6. The third kappa shape index (κ3) is 3.18. The maximum absolute atomic E-state index is 4.35. The Morgan fingerprint density at radius 2 is 1.94 bits per heavy atom. The summed E-state index contributed by atoms with van der Waals surface area (Å²) < 4.78 is 0. The maximum Gasteiger partial charge on any atom is 0.0798 e. The zero-order valence-corrected chi connectivity index (χ0v) is 12.1. The first-order valence-corrected chi connectivity index (χ1v) is 7.27. The van der Waals surface area contributed by atoms with Crippen LogP contribution in [0.15, 0.2) is 29.8 Å². The van der Waals surface area contributed by atoms with Gasteiger partial charge < -0.3 is 5.32 Å². The second-order valence-electron chi connectivity index (χ2n) is 4.60. The molecule has 0 aliphatic carbocycles. The molecule has 0 aliphatic rings. The highest BCUT2D eigenvalue weighted by molar-refractivity contribution is 7.09. The summed E-state index contributed by atoms with van der Waals surface area (Å²) in [6, 6.07) is 9.17. The minimum absolute atomic E-state index is 0.380. The van der Waals surface area contributed by atoms with Gasteiger partial charge in [-0.2, -0.15) is 0 Å². The summed E-state index contributed by atoms with van der Waals surface area (Å²) in [6.45, 7) is 7.34. The van der Waals surface area contributed by atoms with Crippen molar-refractivity contribution in [1.82, 2.24) is 10.3 Å². The van der Waals surface area contributed by atoms with Crippen molar-refractivity contribution in [1.29, 1.82) is 0 Å². The molecule has 0 spiro atoms. The van der Waals surface area contributed by atoms with Crippen LogP contribution in [0.2, 0.25) is 0 Å². The van der Waals surface area contributed by atoms with Gasteiger partial charge in [0.2, 0.25) is 0 Å². The fourth-order valence-electron chi connectivity index (χ4n) is 2.11. The molecule has 0 amide bonds. The van der Waals surface area contributed by atoms with Crippen molar-refractivity contribution >= 4 is 11.3 Å². The molecule has 1 aromatic heterocycles. The number of nitrogens with one attached hydrogen (secondary N) is 1. The van der Waals surface area contributed by atoms with E-state index in [1.807, 2.05) is 5.51 Å². The van der Waals surface area contributed by atoms with Crippen molar-refractivity contribution < 1.29 is 0 Å². The van der Waals surface area contributed by atoms with Crippen LogP contribution in [0.25, 0.3) is 0 Å². The number of aromatic nitrogens is 1. The summed E-state index contributed by atoms with van der Waals surface area (Å²) in [7, 11) is 0. The van der Waals surface area contributed by atoms with E-state index < -0.39 is 0 Å². The molecule has 2 aromatic rings. The fraction of sp³-hybridized carbons (Fsp3) is 0.400. The highest BCUT2D eigenvalue weighted by atomic mass is 32.1. The zero-order valence-electron chi connectivity index (χ0n) is 11.2. The Morgan fingerprint density at radius 1 is 1.22 bits per heavy atom. The SMILES string of the molecule is CCNC(Cc1ccc(C)cc1)c1scnc1C. The first kappa shape index (κ1) is 13.2. The van der Waals surface area contributed by atoms with Crippen molar-refractivity contribution in [3.63, 3.8) is 0 Å². The van der Waals surface area contributed by atoms with Crippen molar-refractivity contribution in [2.24, 2.45) is 0 Å². The summed E-state index contributed by atoms with van der Waals surface area (Å²) in [6.07, 6.45) is 1.02. The van der Waals surface area contributed by atoms with Crippen LogP contribution in [0.3, 0.4) is 0 Å². The van der Waals surface area contributed by atoms with E-state index in [0.717, 1.165) is 18.7 Å². The Kier molecular flexibility index (Phi) is 4.50. The van der Waals surface area contributed by atoms with Gasteiger partial charge in [-0.25, -0.2) is 4.98 Å². The summed E-state index contributed by atoms with van der Waals surface area (Å²) >= 11 is 1.75. The van der Waals surface area contributed by atoms with Crippen molar-refractivity contribution in [2.75, 3.05) is 6.54 Å². The van der Waals surface area contributed by atoms with Crippen LogP contribution in [0.4, 0.5) is 0 Å². The number of hydrogen-bond donors (Lipinski definition) is 1. The van der Waals surface area contributed by atoms with Gasteiger partial charge in [-0.3, -0.25) is 0 Å². The molecule has 0 aliphatic heterocycles. The topological polar surface area (TPSA) is 24.9 Å². The quantitative estimate of drug-likeness (QED) is 0.887. The molecule has 96 valence electrons. The third-order valence-corrected chi connectivity index (χ3v) is 4.15. The van der Waals surface area contributed by atoms with Crippen LogP contribution in [0.5, 0.6) is 0 Å². The van der Waals surface area contributed by atoms with E-state index in [0.29, 0.717) is 6.04 Å². The molecule has 0 bridgehead atoms. The molecule has 3 heteroatoms. The van der Waals surface area contributed by atoms with Crippen LogP contribution >= 0.6 is 11.3 Å². The van der Waals surface area contributed by atoms with Gasteiger partial charge in [-0.05, 0) is 32.4 Å². The first-order chi connectivity index (χ1) is 8.70. The lowest BCUT2D eigenvalue weighted by Gasteiger charge is -2.17. The lowest BCUT2D eigenvalue weighted by atomic mass is 10.0. The van der Waals surface area contributed by atoms with Crippen LogP contribution < -0.4 is 5.32 Å². The molecule has 1 atom stereocenters. The molecule has 18 heavy (non-hydrogen) atoms. The molecular weight excluding hydrogens is 240 g/mol. The highest BCUT2D eigenvalue weighted by Crippen LogP contribution is 2.25. The first-order valence-electron chi connectivity index (χ1n) is 6.39. The van der Waals surface area contributed by atoms with Gasteiger partial charge >= 0.3 is 0 Å². The summed E-state index contributed by atoms with van der Waals surface area (Å²) in [4.78, 5) is 5.71. The second kappa shape index (κ2) is 6.12. The summed E-state index contributed by atoms with van der Waals surface area (Å²) in [5.41, 5.74) is 5.77. The van der Waals surface area contributed by atoms with Crippen molar-refractivity contribution in [3.8, 4) is 0 Å². The van der Waals surface area contributed by atoms with E-state index in [1.165, 1.54) is 16.0 Å². The molecule has 2 nitrogen and oxygen atoms in total. The molecule has 0 fully saturated rings. The standard InChI is InChI=1S/C15H20N2S/c1-4-16-14(15-12(3)17-10-18-15)9-13-7-5-11(2)6-8-13/h5-8,10,14,16H,4,9H2,1-3H3. The van der Waals surface area contributed by atoms with Gasteiger partial charge in [0.15, 0.2) is 0 Å². The van der Waals surface area contributed by atoms with E-state index >= 15 is 0 Å². The molecule has 1 aromatic carbocycles. The predicted octanol–water partition coefficient (Wildman–Crippen LogP) is 3.65. The van der Waals surface area contributed by atoms with Gasteiger partial charge in [0.25, 0.3) is 0 Å². The van der Waals surface area contributed by atoms with E-state index in [9.17, 15) is 0 Å². The number of aryl methyl sites for hydroxylation is 2. The van der Waals surface area contributed by atoms with Crippen LogP contribution in [0, 0.1) is 13.8 Å². The number of rotatable bonds is 5. The zero-order chi connectivity index (χ0) is 13.0. The molecular formula is C15H20N2S. The molecule has 1 heterocycles. The maximum atomic E-state index is 4.35. The van der Waals surface area contributed by atoms with E-state index in [2.05, 4.69) is 55.3 Å². The minimum Gasteiger partial charge on any atom is -0.309 e. The van der Waals surface area contributed by atoms with Crippen LogP contribution in [-0.2, 0) is 6.42 Å². The molecule has 0 saturated carbocycles. The monoisotopic (exact) mass is 260 g/mol. The van der Waals surface area contributed by atoms with Gasteiger partial charge in [-0.15, -0.1) is 11.3 Å². The molecule has 0 radical (unpaired) electrons. The lowest BCUT2D eigenvalue weighted by Crippen LogP contribution is -2.22. The number of hydrogen-bond acceptors (Lipinski definition) is 3. The second-order valence-corrected chi connectivity index (χ2v) is 5.49. The third-order valence-electron chi connectivity index (χ3n) is 3.11. The Labute approximate surface area is 113 Å². The van der Waals surface area contributed by atoms with Crippen LogP contribution in [-0.4, -0.2) is 11.5 Å². The fourth-order valence-corrected chi connectivity index (χ4v) is 2.99. The Bertz CT molecular complexity index is 487. The largest absolute Gasteiger partial charge is 0.309 e. The average molecular weight is 260 g/mol. The summed E-state index contributed by atoms with van der Waals surface area (Å²) in [5.74, 6) is 0. The molecule has 0 saturated heterocycles. The molecule has 1 unspecified atom stereocenters.